The molecule has 2 aromatic carbocycles. The Balaban J connectivity index is 1.49. The third-order valence-electron chi connectivity index (χ3n) is 5.03. The highest BCUT2D eigenvalue weighted by atomic mass is 32.2. The zero-order valence-electron chi connectivity index (χ0n) is 19.5. The molecule has 10 heteroatoms. The summed E-state index contributed by atoms with van der Waals surface area (Å²) < 4.78 is 12.5. The lowest BCUT2D eigenvalue weighted by molar-refractivity contribution is -0.118. The van der Waals surface area contributed by atoms with Gasteiger partial charge in [-0.05, 0) is 49.4 Å². The van der Waals surface area contributed by atoms with Crippen LogP contribution in [0, 0.1) is 6.92 Å². The molecule has 0 fully saturated rings. The van der Waals surface area contributed by atoms with E-state index >= 15 is 0 Å². The minimum atomic E-state index is -0.281. The SMILES string of the molecule is COc1ccc(OC)c(/C=N\NC(=O)CSc2nnc(-c3ccncc3)n2-c2ccc(C)cc2)c1. The lowest BCUT2D eigenvalue weighted by Crippen LogP contribution is -2.20. The van der Waals surface area contributed by atoms with Crippen molar-refractivity contribution >= 4 is 23.9 Å². The van der Waals surface area contributed by atoms with Gasteiger partial charge in [-0.15, -0.1) is 10.2 Å². The minimum absolute atomic E-state index is 0.104. The fraction of sp³-hybridized carbons (Fsp3) is 0.160. The Morgan fingerprint density at radius 3 is 2.54 bits per heavy atom. The van der Waals surface area contributed by atoms with E-state index in [-0.39, 0.29) is 11.7 Å². The Morgan fingerprint density at radius 2 is 1.83 bits per heavy atom. The van der Waals surface area contributed by atoms with Gasteiger partial charge in [0.25, 0.3) is 5.91 Å². The van der Waals surface area contributed by atoms with Gasteiger partial charge in [0.05, 0.1) is 26.2 Å². The third kappa shape index (κ3) is 5.85. The van der Waals surface area contributed by atoms with Crippen LogP contribution < -0.4 is 14.9 Å². The molecular formula is C25H24N6O3S. The quantitative estimate of drug-likeness (QED) is 0.216. The van der Waals surface area contributed by atoms with Gasteiger partial charge in [0.1, 0.15) is 11.5 Å². The second-order valence-corrected chi connectivity index (χ2v) is 8.35. The summed E-state index contributed by atoms with van der Waals surface area (Å²) in [6.45, 7) is 2.03. The van der Waals surface area contributed by atoms with Gasteiger partial charge in [-0.3, -0.25) is 14.3 Å². The van der Waals surface area contributed by atoms with Crippen molar-refractivity contribution in [3.63, 3.8) is 0 Å². The molecule has 0 radical (unpaired) electrons. The van der Waals surface area contributed by atoms with Gasteiger partial charge in [0.2, 0.25) is 0 Å². The predicted molar refractivity (Wildman–Crippen MR) is 135 cm³/mol. The first kappa shape index (κ1) is 24.0. The second kappa shape index (κ2) is 11.3. The number of pyridine rings is 1. The topological polar surface area (TPSA) is 104 Å². The standard InChI is InChI=1S/C25H24N6O3S/c1-17-4-6-20(7-5-17)31-24(18-10-12-26-13-11-18)29-30-25(31)35-16-23(32)28-27-15-19-14-21(33-2)8-9-22(19)34-3/h4-15H,16H2,1-3H3,(H,28,32)/b27-15-. The number of benzene rings is 2. The summed E-state index contributed by atoms with van der Waals surface area (Å²) in [5, 5.41) is 13.4. The molecule has 2 heterocycles. The van der Waals surface area contributed by atoms with Crippen molar-refractivity contribution in [2.75, 3.05) is 20.0 Å². The van der Waals surface area contributed by atoms with Crippen molar-refractivity contribution in [1.82, 2.24) is 25.2 Å². The molecule has 178 valence electrons. The van der Waals surface area contributed by atoms with E-state index in [1.54, 1.807) is 44.8 Å². The van der Waals surface area contributed by atoms with E-state index in [1.165, 1.54) is 18.0 Å². The highest BCUT2D eigenvalue weighted by molar-refractivity contribution is 7.99. The molecule has 0 unspecified atom stereocenters. The van der Waals surface area contributed by atoms with Crippen molar-refractivity contribution in [3.05, 3.63) is 78.1 Å². The highest BCUT2D eigenvalue weighted by Gasteiger charge is 2.17. The highest BCUT2D eigenvalue weighted by Crippen LogP contribution is 2.28. The smallest absolute Gasteiger partial charge is 0.250 e. The number of hydrogen-bond donors (Lipinski definition) is 1. The largest absolute Gasteiger partial charge is 0.497 e. The summed E-state index contributed by atoms with van der Waals surface area (Å²) in [5.74, 6) is 1.77. The maximum absolute atomic E-state index is 12.5. The fourth-order valence-corrected chi connectivity index (χ4v) is 4.00. The Kier molecular flexibility index (Phi) is 7.74. The summed E-state index contributed by atoms with van der Waals surface area (Å²) >= 11 is 1.27. The van der Waals surface area contributed by atoms with Crippen LogP contribution in [0.5, 0.6) is 11.5 Å². The number of thioether (sulfide) groups is 1. The first-order valence-corrected chi connectivity index (χ1v) is 11.7. The van der Waals surface area contributed by atoms with Crippen LogP contribution >= 0.6 is 11.8 Å². The molecule has 1 N–H and O–H groups in total. The minimum Gasteiger partial charge on any atom is -0.497 e. The summed E-state index contributed by atoms with van der Waals surface area (Å²) in [6, 6.07) is 17.1. The average molecular weight is 489 g/mol. The molecule has 4 rings (SSSR count). The average Bonchev–Trinajstić information content (AvgIpc) is 3.32. The van der Waals surface area contributed by atoms with Crippen molar-refractivity contribution < 1.29 is 14.3 Å². The van der Waals surface area contributed by atoms with Gasteiger partial charge in [-0.2, -0.15) is 5.10 Å². The van der Waals surface area contributed by atoms with E-state index in [2.05, 4.69) is 25.7 Å². The van der Waals surface area contributed by atoms with Crippen LogP contribution in [0.3, 0.4) is 0 Å². The summed E-state index contributed by atoms with van der Waals surface area (Å²) in [7, 11) is 3.15. The van der Waals surface area contributed by atoms with Gasteiger partial charge < -0.3 is 9.47 Å². The third-order valence-corrected chi connectivity index (χ3v) is 5.96. The Labute approximate surface area is 207 Å². The number of nitrogens with zero attached hydrogens (tertiary/aromatic N) is 5. The summed E-state index contributed by atoms with van der Waals surface area (Å²) in [4.78, 5) is 16.6. The number of nitrogens with one attached hydrogen (secondary N) is 1. The maximum atomic E-state index is 12.5. The first-order chi connectivity index (χ1) is 17.1. The van der Waals surface area contributed by atoms with E-state index in [0.29, 0.717) is 28.0 Å². The number of aryl methyl sites for hydroxylation is 1. The van der Waals surface area contributed by atoms with E-state index in [4.69, 9.17) is 9.47 Å². The molecule has 1 amide bonds. The summed E-state index contributed by atoms with van der Waals surface area (Å²) in [6.07, 6.45) is 4.93. The zero-order chi connectivity index (χ0) is 24.6. The van der Waals surface area contributed by atoms with Crippen molar-refractivity contribution in [2.45, 2.75) is 12.1 Å². The monoisotopic (exact) mass is 488 g/mol. The van der Waals surface area contributed by atoms with Gasteiger partial charge >= 0.3 is 0 Å². The molecule has 0 atom stereocenters. The maximum Gasteiger partial charge on any atom is 0.250 e. The van der Waals surface area contributed by atoms with Crippen LogP contribution in [-0.4, -0.2) is 51.8 Å². The molecule has 9 nitrogen and oxygen atoms in total. The number of carbonyl (C=O) groups is 1. The van der Waals surface area contributed by atoms with Crippen LogP contribution in [0.25, 0.3) is 17.1 Å². The Hall–Kier alpha value is -4.18. The van der Waals surface area contributed by atoms with E-state index < -0.39 is 0 Å². The Morgan fingerprint density at radius 1 is 1.06 bits per heavy atom. The number of hydrogen-bond acceptors (Lipinski definition) is 8. The Bertz CT molecular complexity index is 1320. The number of hydrazone groups is 1. The van der Waals surface area contributed by atoms with Crippen molar-refractivity contribution in [1.29, 1.82) is 0 Å². The van der Waals surface area contributed by atoms with E-state index in [1.807, 2.05) is 47.9 Å². The molecule has 0 saturated carbocycles. The first-order valence-electron chi connectivity index (χ1n) is 10.7. The fourth-order valence-electron chi connectivity index (χ4n) is 3.25. The van der Waals surface area contributed by atoms with Gasteiger partial charge in [-0.25, -0.2) is 5.43 Å². The van der Waals surface area contributed by atoms with E-state index in [0.717, 1.165) is 16.8 Å². The van der Waals surface area contributed by atoms with Crippen molar-refractivity contribution in [3.8, 4) is 28.6 Å². The molecular weight excluding hydrogens is 464 g/mol. The zero-order valence-corrected chi connectivity index (χ0v) is 20.3. The predicted octanol–water partition coefficient (Wildman–Crippen LogP) is 3.90. The number of carbonyl (C=O) groups excluding carboxylic acids is 1. The number of aromatic nitrogens is 4. The van der Waals surface area contributed by atoms with Gasteiger partial charge in [-0.1, -0.05) is 29.5 Å². The van der Waals surface area contributed by atoms with Crippen LogP contribution in [0.1, 0.15) is 11.1 Å². The lowest BCUT2D eigenvalue weighted by atomic mass is 10.2. The van der Waals surface area contributed by atoms with Crippen LogP contribution in [0.15, 0.2) is 77.2 Å². The van der Waals surface area contributed by atoms with Gasteiger partial charge in [0, 0.05) is 29.2 Å². The van der Waals surface area contributed by atoms with Gasteiger partial charge in [0.15, 0.2) is 11.0 Å². The molecule has 0 aliphatic rings. The number of rotatable bonds is 9. The molecule has 2 aromatic heterocycles. The lowest BCUT2D eigenvalue weighted by Gasteiger charge is -2.10. The normalized spacial score (nSPS) is 10.9. The molecule has 0 aliphatic carbocycles. The number of amides is 1. The molecule has 0 bridgehead atoms. The molecule has 35 heavy (non-hydrogen) atoms. The number of methoxy groups -OCH3 is 2. The molecule has 4 aromatic rings. The molecule has 0 spiro atoms. The summed E-state index contributed by atoms with van der Waals surface area (Å²) in [5.41, 5.74) is 6.15. The van der Waals surface area contributed by atoms with Crippen LogP contribution in [0.4, 0.5) is 0 Å². The van der Waals surface area contributed by atoms with E-state index in [9.17, 15) is 4.79 Å². The van der Waals surface area contributed by atoms with Crippen LogP contribution in [-0.2, 0) is 4.79 Å². The number of ether oxygens (including phenoxy) is 2. The van der Waals surface area contributed by atoms with Crippen molar-refractivity contribution in [2.24, 2.45) is 5.10 Å². The molecule has 0 aliphatic heterocycles. The van der Waals surface area contributed by atoms with Crippen LogP contribution in [0.2, 0.25) is 0 Å². The second-order valence-electron chi connectivity index (χ2n) is 7.40. The molecule has 0 saturated heterocycles.